The fourth-order valence-corrected chi connectivity index (χ4v) is 6.90. The first-order valence-corrected chi connectivity index (χ1v) is 14.8. The van der Waals surface area contributed by atoms with Gasteiger partial charge in [0.05, 0.1) is 0 Å². The average Bonchev–Trinajstić information content (AvgIpc) is 3.46. The third-order valence-electron chi connectivity index (χ3n) is 8.90. The standard InChI is InChI=1S/C42H26O/c1-2-10-27(11-3-1)30-21-23-37(35-16-8-6-14-33(30)35)38-24-22-31(34-15-7-9-17-36(34)38)29-18-20-39-41(26-29)43-40-25-19-28-12-4-5-13-32(28)42(39)40/h1-26H. The summed E-state index contributed by atoms with van der Waals surface area (Å²) in [6.45, 7) is 0. The van der Waals surface area contributed by atoms with Crippen LogP contribution in [0.4, 0.5) is 0 Å². The molecule has 0 fully saturated rings. The van der Waals surface area contributed by atoms with Crippen molar-refractivity contribution in [3.8, 4) is 33.4 Å². The molecule has 0 atom stereocenters. The Kier molecular flexibility index (Phi) is 5.27. The van der Waals surface area contributed by atoms with Crippen LogP contribution in [0.1, 0.15) is 0 Å². The minimum Gasteiger partial charge on any atom is -0.456 e. The van der Waals surface area contributed by atoms with E-state index >= 15 is 0 Å². The Morgan fingerprint density at radius 2 is 0.837 bits per heavy atom. The van der Waals surface area contributed by atoms with E-state index in [1.54, 1.807) is 0 Å². The maximum absolute atomic E-state index is 6.42. The summed E-state index contributed by atoms with van der Waals surface area (Å²) < 4.78 is 6.42. The zero-order valence-corrected chi connectivity index (χ0v) is 23.4. The highest BCUT2D eigenvalue weighted by atomic mass is 16.3. The third-order valence-corrected chi connectivity index (χ3v) is 8.90. The van der Waals surface area contributed by atoms with Crippen molar-refractivity contribution in [2.45, 2.75) is 0 Å². The monoisotopic (exact) mass is 546 g/mol. The van der Waals surface area contributed by atoms with Crippen LogP contribution in [0, 0.1) is 0 Å². The van der Waals surface area contributed by atoms with Gasteiger partial charge in [-0.25, -0.2) is 0 Å². The molecule has 0 saturated carbocycles. The highest BCUT2D eigenvalue weighted by Gasteiger charge is 2.16. The molecule has 0 unspecified atom stereocenters. The average molecular weight is 547 g/mol. The lowest BCUT2D eigenvalue weighted by atomic mass is 9.88. The van der Waals surface area contributed by atoms with Crippen molar-refractivity contribution >= 4 is 54.3 Å². The molecule has 0 radical (unpaired) electrons. The molecule has 9 rings (SSSR count). The summed E-state index contributed by atoms with van der Waals surface area (Å²) in [5.41, 5.74) is 9.19. The van der Waals surface area contributed by atoms with Gasteiger partial charge in [-0.15, -0.1) is 0 Å². The van der Waals surface area contributed by atoms with Gasteiger partial charge in [0.15, 0.2) is 0 Å². The Hall–Kier alpha value is -5.66. The lowest BCUT2D eigenvalue weighted by molar-refractivity contribution is 0.669. The Labute approximate surface area is 249 Å². The first-order chi connectivity index (χ1) is 21.3. The lowest BCUT2D eigenvalue weighted by Crippen LogP contribution is -1.89. The molecular formula is C42H26O. The smallest absolute Gasteiger partial charge is 0.136 e. The molecule has 0 amide bonds. The number of fused-ring (bicyclic) bond motifs is 7. The summed E-state index contributed by atoms with van der Waals surface area (Å²) in [5, 5.41) is 9.80. The molecule has 0 aliphatic heterocycles. The summed E-state index contributed by atoms with van der Waals surface area (Å²) in [5.74, 6) is 0. The number of furan rings is 1. The molecule has 1 aromatic heterocycles. The summed E-state index contributed by atoms with van der Waals surface area (Å²) >= 11 is 0. The SMILES string of the molecule is c1ccc(-c2ccc(-c3ccc(-c4ccc5c(c4)oc4ccc6ccccc6c45)c4ccccc34)c3ccccc23)cc1. The van der Waals surface area contributed by atoms with Gasteiger partial charge in [0, 0.05) is 10.8 Å². The number of benzene rings is 8. The number of hydrogen-bond acceptors (Lipinski definition) is 1. The van der Waals surface area contributed by atoms with E-state index in [2.05, 4.69) is 158 Å². The molecule has 200 valence electrons. The van der Waals surface area contributed by atoms with E-state index < -0.39 is 0 Å². The van der Waals surface area contributed by atoms with E-state index in [1.165, 1.54) is 65.5 Å². The number of hydrogen-bond donors (Lipinski definition) is 0. The van der Waals surface area contributed by atoms with Crippen LogP contribution in [0.15, 0.2) is 162 Å². The van der Waals surface area contributed by atoms with Gasteiger partial charge in [0.2, 0.25) is 0 Å². The molecule has 43 heavy (non-hydrogen) atoms. The van der Waals surface area contributed by atoms with E-state index in [4.69, 9.17) is 4.42 Å². The normalized spacial score (nSPS) is 11.7. The van der Waals surface area contributed by atoms with Gasteiger partial charge in [-0.1, -0.05) is 140 Å². The lowest BCUT2D eigenvalue weighted by Gasteiger charge is -2.16. The van der Waals surface area contributed by atoms with Crippen molar-refractivity contribution in [1.29, 1.82) is 0 Å². The molecule has 1 nitrogen and oxygen atoms in total. The fraction of sp³-hybridized carbons (Fsp3) is 0. The van der Waals surface area contributed by atoms with E-state index in [9.17, 15) is 0 Å². The Bertz CT molecular complexity index is 2500. The van der Waals surface area contributed by atoms with Gasteiger partial charge in [0.25, 0.3) is 0 Å². The van der Waals surface area contributed by atoms with Crippen LogP contribution in [-0.4, -0.2) is 0 Å². The van der Waals surface area contributed by atoms with Crippen molar-refractivity contribution in [3.63, 3.8) is 0 Å². The van der Waals surface area contributed by atoms with Gasteiger partial charge < -0.3 is 4.42 Å². The second-order valence-corrected chi connectivity index (χ2v) is 11.3. The van der Waals surface area contributed by atoms with Gasteiger partial charge in [-0.3, -0.25) is 0 Å². The van der Waals surface area contributed by atoms with Crippen LogP contribution in [0.3, 0.4) is 0 Å². The maximum Gasteiger partial charge on any atom is 0.136 e. The fourth-order valence-electron chi connectivity index (χ4n) is 6.90. The minimum absolute atomic E-state index is 0.916. The van der Waals surface area contributed by atoms with Crippen LogP contribution < -0.4 is 0 Å². The van der Waals surface area contributed by atoms with Crippen molar-refractivity contribution in [2.24, 2.45) is 0 Å². The van der Waals surface area contributed by atoms with Crippen molar-refractivity contribution in [3.05, 3.63) is 158 Å². The van der Waals surface area contributed by atoms with E-state index in [1.807, 2.05) is 0 Å². The van der Waals surface area contributed by atoms with Crippen LogP contribution in [0.2, 0.25) is 0 Å². The molecule has 9 aromatic rings. The van der Waals surface area contributed by atoms with Gasteiger partial charge in [-0.05, 0) is 83.9 Å². The van der Waals surface area contributed by atoms with Crippen LogP contribution in [-0.2, 0) is 0 Å². The summed E-state index contributed by atoms with van der Waals surface area (Å²) in [7, 11) is 0. The predicted octanol–water partition coefficient (Wildman–Crippen LogP) is 12.0. The second-order valence-electron chi connectivity index (χ2n) is 11.3. The van der Waals surface area contributed by atoms with Crippen LogP contribution in [0.25, 0.3) is 87.6 Å². The van der Waals surface area contributed by atoms with Gasteiger partial charge in [0.1, 0.15) is 11.2 Å². The molecule has 0 bridgehead atoms. The zero-order valence-electron chi connectivity index (χ0n) is 23.4. The molecule has 1 heterocycles. The van der Waals surface area contributed by atoms with Gasteiger partial charge in [-0.2, -0.15) is 0 Å². The van der Waals surface area contributed by atoms with E-state index in [0.29, 0.717) is 0 Å². The van der Waals surface area contributed by atoms with Crippen LogP contribution >= 0.6 is 0 Å². The molecule has 0 N–H and O–H groups in total. The van der Waals surface area contributed by atoms with Gasteiger partial charge >= 0.3 is 0 Å². The molecule has 0 saturated heterocycles. The maximum atomic E-state index is 6.42. The second kappa shape index (κ2) is 9.44. The zero-order chi connectivity index (χ0) is 28.3. The Balaban J connectivity index is 1.23. The van der Waals surface area contributed by atoms with Crippen LogP contribution in [0.5, 0.6) is 0 Å². The topological polar surface area (TPSA) is 13.1 Å². The molecule has 0 aliphatic rings. The molecule has 0 aliphatic carbocycles. The van der Waals surface area contributed by atoms with Crippen molar-refractivity contribution in [2.75, 3.05) is 0 Å². The molecular weight excluding hydrogens is 520 g/mol. The van der Waals surface area contributed by atoms with Crippen molar-refractivity contribution < 1.29 is 4.42 Å². The quantitative estimate of drug-likeness (QED) is 0.215. The summed E-state index contributed by atoms with van der Waals surface area (Å²) in [4.78, 5) is 0. The van der Waals surface area contributed by atoms with Crippen molar-refractivity contribution in [1.82, 2.24) is 0 Å². The molecule has 8 aromatic carbocycles. The van der Waals surface area contributed by atoms with E-state index in [-0.39, 0.29) is 0 Å². The Morgan fingerprint density at radius 3 is 1.51 bits per heavy atom. The first kappa shape index (κ1) is 24.0. The predicted molar refractivity (Wildman–Crippen MR) is 183 cm³/mol. The van der Waals surface area contributed by atoms with E-state index in [0.717, 1.165) is 22.1 Å². The largest absolute Gasteiger partial charge is 0.456 e. The number of rotatable bonds is 3. The Morgan fingerprint density at radius 1 is 0.302 bits per heavy atom. The minimum atomic E-state index is 0.916. The summed E-state index contributed by atoms with van der Waals surface area (Å²) in [6.07, 6.45) is 0. The first-order valence-electron chi connectivity index (χ1n) is 14.8. The third kappa shape index (κ3) is 3.72. The summed E-state index contributed by atoms with van der Waals surface area (Å²) in [6, 6.07) is 56.8. The highest BCUT2D eigenvalue weighted by Crippen LogP contribution is 2.42. The molecule has 0 spiro atoms. The molecule has 1 heteroatoms. The highest BCUT2D eigenvalue weighted by molar-refractivity contribution is 6.19.